The summed E-state index contributed by atoms with van der Waals surface area (Å²) in [5.41, 5.74) is 0.880. The highest BCUT2D eigenvalue weighted by Crippen LogP contribution is 2.30. The molecule has 2 aromatic rings. The molecule has 0 aliphatic carbocycles. The van der Waals surface area contributed by atoms with Crippen LogP contribution in [0.2, 0.25) is 0 Å². The number of thiophene rings is 1. The first-order valence-corrected chi connectivity index (χ1v) is 8.85. The van der Waals surface area contributed by atoms with Gasteiger partial charge in [0.2, 0.25) is 0 Å². The molecule has 1 heterocycles. The lowest BCUT2D eigenvalue weighted by Gasteiger charge is -2.14. The number of hydrogen-bond acceptors (Lipinski definition) is 4. The average Bonchev–Trinajstić information content (AvgIpc) is 2.98. The summed E-state index contributed by atoms with van der Waals surface area (Å²) < 4.78 is 12.0. The normalized spacial score (nSPS) is 11.2. The molecule has 124 valence electrons. The number of benzene rings is 1. The predicted octanol–water partition coefficient (Wildman–Crippen LogP) is 4.11. The van der Waals surface area contributed by atoms with Crippen LogP contribution < -0.4 is 20.1 Å². The second kappa shape index (κ2) is 8.79. The molecule has 1 aromatic heterocycles. The second-order valence-corrected chi connectivity index (χ2v) is 6.49. The molecule has 0 radical (unpaired) electrons. The summed E-state index contributed by atoms with van der Waals surface area (Å²) in [7, 11) is 3.37. The number of ether oxygens (including phenoxy) is 2. The van der Waals surface area contributed by atoms with Crippen LogP contribution in [0.15, 0.2) is 39.1 Å². The van der Waals surface area contributed by atoms with Gasteiger partial charge in [0.1, 0.15) is 0 Å². The van der Waals surface area contributed by atoms with Gasteiger partial charge in [0, 0.05) is 33.5 Å². The molecule has 0 atom stereocenters. The highest BCUT2D eigenvalue weighted by Gasteiger charge is 2.07. The van der Waals surface area contributed by atoms with Crippen molar-refractivity contribution in [2.45, 2.75) is 13.5 Å². The van der Waals surface area contributed by atoms with Gasteiger partial charge in [0.05, 0.1) is 20.3 Å². The molecule has 1 aromatic carbocycles. The van der Waals surface area contributed by atoms with E-state index in [1.165, 1.54) is 4.88 Å². The Morgan fingerprint density at radius 1 is 1.30 bits per heavy atom. The van der Waals surface area contributed by atoms with Crippen LogP contribution in [-0.2, 0) is 6.54 Å². The number of halogens is 1. The van der Waals surface area contributed by atoms with Crippen LogP contribution in [0.3, 0.4) is 0 Å². The first kappa shape index (κ1) is 17.6. The molecule has 0 unspecified atom stereocenters. The average molecular weight is 398 g/mol. The molecule has 0 spiro atoms. The van der Waals surface area contributed by atoms with Gasteiger partial charge in [0.25, 0.3) is 0 Å². The van der Waals surface area contributed by atoms with Gasteiger partial charge in [-0.1, -0.05) is 0 Å². The number of anilines is 1. The van der Waals surface area contributed by atoms with Crippen molar-refractivity contribution in [3.63, 3.8) is 0 Å². The fourth-order valence-electron chi connectivity index (χ4n) is 1.95. The van der Waals surface area contributed by atoms with E-state index in [4.69, 9.17) is 9.47 Å². The van der Waals surface area contributed by atoms with Crippen molar-refractivity contribution in [3.8, 4) is 11.5 Å². The molecule has 0 bridgehead atoms. The third-order valence-electron chi connectivity index (χ3n) is 3.00. The number of nitrogens with one attached hydrogen (secondary N) is 2. The van der Waals surface area contributed by atoms with E-state index in [1.807, 2.05) is 25.1 Å². The van der Waals surface area contributed by atoms with E-state index in [0.717, 1.165) is 15.9 Å². The number of aliphatic imine (C=N–C) groups is 1. The smallest absolute Gasteiger partial charge is 0.195 e. The van der Waals surface area contributed by atoms with Crippen molar-refractivity contribution in [3.05, 3.63) is 39.0 Å². The maximum atomic E-state index is 5.52. The van der Waals surface area contributed by atoms with Crippen molar-refractivity contribution < 1.29 is 9.47 Å². The molecule has 23 heavy (non-hydrogen) atoms. The Hall–Kier alpha value is -1.73. The summed E-state index contributed by atoms with van der Waals surface area (Å²) in [5.74, 6) is 2.11. The maximum Gasteiger partial charge on any atom is 0.195 e. The van der Waals surface area contributed by atoms with E-state index >= 15 is 0 Å². The minimum absolute atomic E-state index is 0.600. The summed E-state index contributed by atoms with van der Waals surface area (Å²) in [6.45, 7) is 3.26. The number of rotatable bonds is 6. The van der Waals surface area contributed by atoms with E-state index < -0.39 is 0 Å². The number of hydrogen-bond donors (Lipinski definition) is 2. The van der Waals surface area contributed by atoms with E-state index in [-0.39, 0.29) is 0 Å². The molecule has 5 nitrogen and oxygen atoms in total. The minimum Gasteiger partial charge on any atom is -0.493 e. The molecule has 2 N–H and O–H groups in total. The third kappa shape index (κ3) is 5.14. The molecule has 0 aliphatic rings. The molecule has 0 fully saturated rings. The molecular weight excluding hydrogens is 378 g/mol. The van der Waals surface area contributed by atoms with Crippen LogP contribution in [0.1, 0.15) is 11.8 Å². The number of methoxy groups -OCH3 is 1. The minimum atomic E-state index is 0.600. The fraction of sp³-hybridized carbons (Fsp3) is 0.312. The van der Waals surface area contributed by atoms with E-state index in [0.29, 0.717) is 24.9 Å². The van der Waals surface area contributed by atoms with Crippen LogP contribution in [0.25, 0.3) is 0 Å². The topological polar surface area (TPSA) is 54.9 Å². The summed E-state index contributed by atoms with van der Waals surface area (Å²) in [4.78, 5) is 5.46. The summed E-state index contributed by atoms with van der Waals surface area (Å²) in [6.07, 6.45) is 0. The maximum absolute atomic E-state index is 5.52. The van der Waals surface area contributed by atoms with Crippen LogP contribution in [0.5, 0.6) is 11.5 Å². The van der Waals surface area contributed by atoms with Crippen molar-refractivity contribution in [2.24, 2.45) is 4.99 Å². The molecule has 2 rings (SSSR count). The van der Waals surface area contributed by atoms with E-state index in [1.54, 1.807) is 25.5 Å². The van der Waals surface area contributed by atoms with Crippen LogP contribution in [-0.4, -0.2) is 26.7 Å². The molecule has 0 saturated carbocycles. The van der Waals surface area contributed by atoms with Gasteiger partial charge >= 0.3 is 0 Å². The number of nitrogens with zero attached hydrogens (tertiary/aromatic N) is 1. The lowest BCUT2D eigenvalue weighted by Crippen LogP contribution is -2.29. The van der Waals surface area contributed by atoms with Gasteiger partial charge in [-0.2, -0.15) is 0 Å². The zero-order valence-electron chi connectivity index (χ0n) is 13.4. The first-order valence-electron chi connectivity index (χ1n) is 7.17. The van der Waals surface area contributed by atoms with E-state index in [2.05, 4.69) is 43.0 Å². The summed E-state index contributed by atoms with van der Waals surface area (Å²) in [5, 5.41) is 8.59. The van der Waals surface area contributed by atoms with Gasteiger partial charge in [-0.15, -0.1) is 11.3 Å². The zero-order chi connectivity index (χ0) is 16.7. The second-order valence-electron chi connectivity index (χ2n) is 4.58. The fourth-order valence-corrected chi connectivity index (χ4v) is 3.34. The Bertz CT molecular complexity index is 673. The van der Waals surface area contributed by atoms with Gasteiger partial charge in [0.15, 0.2) is 17.5 Å². The summed E-state index contributed by atoms with van der Waals surface area (Å²) >= 11 is 5.15. The van der Waals surface area contributed by atoms with E-state index in [9.17, 15) is 0 Å². The quantitative estimate of drug-likeness (QED) is 0.568. The molecule has 7 heteroatoms. The molecule has 0 aliphatic heterocycles. The molecular formula is C16H20BrN3O2S. The monoisotopic (exact) mass is 397 g/mol. The Balaban J connectivity index is 2.01. The summed E-state index contributed by atoms with van der Waals surface area (Å²) in [6, 6.07) is 7.79. The standard InChI is InChI=1S/C16H20BrN3O2S/c1-4-22-14-6-5-12(8-15(14)21-3)20-16(18-2)19-9-13-7-11(17)10-23-13/h5-8,10H,4,9H2,1-3H3,(H2,18,19,20). The lowest BCUT2D eigenvalue weighted by molar-refractivity contribution is 0.311. The SMILES string of the molecule is CCOc1ccc(NC(=NC)NCc2cc(Br)cs2)cc1OC. The van der Waals surface area contributed by atoms with Crippen LogP contribution in [0, 0.1) is 0 Å². The van der Waals surface area contributed by atoms with Crippen molar-refractivity contribution in [2.75, 3.05) is 26.1 Å². The van der Waals surface area contributed by atoms with Gasteiger partial charge < -0.3 is 20.1 Å². The first-order chi connectivity index (χ1) is 11.2. The van der Waals surface area contributed by atoms with Crippen molar-refractivity contribution in [1.29, 1.82) is 0 Å². The van der Waals surface area contributed by atoms with Crippen molar-refractivity contribution in [1.82, 2.24) is 5.32 Å². The Morgan fingerprint density at radius 2 is 2.13 bits per heavy atom. The molecule has 0 saturated heterocycles. The third-order valence-corrected chi connectivity index (χ3v) is 4.70. The molecule has 0 amide bonds. The zero-order valence-corrected chi connectivity index (χ0v) is 15.8. The lowest BCUT2D eigenvalue weighted by atomic mass is 10.2. The number of guanidine groups is 1. The van der Waals surface area contributed by atoms with Crippen LogP contribution >= 0.6 is 27.3 Å². The van der Waals surface area contributed by atoms with Crippen molar-refractivity contribution >= 4 is 38.9 Å². The van der Waals surface area contributed by atoms with Gasteiger partial charge in [-0.25, -0.2) is 0 Å². The van der Waals surface area contributed by atoms with Gasteiger partial charge in [-0.05, 0) is 41.1 Å². The predicted molar refractivity (Wildman–Crippen MR) is 100 cm³/mol. The highest BCUT2D eigenvalue weighted by atomic mass is 79.9. The van der Waals surface area contributed by atoms with Crippen LogP contribution in [0.4, 0.5) is 5.69 Å². The van der Waals surface area contributed by atoms with Gasteiger partial charge in [-0.3, -0.25) is 4.99 Å². The Morgan fingerprint density at radius 3 is 2.74 bits per heavy atom. The highest BCUT2D eigenvalue weighted by molar-refractivity contribution is 9.10. The largest absolute Gasteiger partial charge is 0.493 e. The Kier molecular flexibility index (Phi) is 6.73. The Labute approximate surface area is 148 Å².